The van der Waals surface area contributed by atoms with Gasteiger partial charge in [-0.3, -0.25) is 5.09 Å². The molecule has 0 fully saturated rings. The van der Waals surface area contributed by atoms with Gasteiger partial charge in [0.2, 0.25) is 0 Å². The number of nitrogens with one attached hydrogen (secondary N) is 1. The first-order chi connectivity index (χ1) is 8.68. The zero-order valence-electron chi connectivity index (χ0n) is 12.3. The lowest BCUT2D eigenvalue weighted by atomic mass is 10.1. The molecule has 0 spiro atoms. The monoisotopic (exact) mass is 265 g/mol. The van der Waals surface area contributed by atoms with Crippen LogP contribution < -0.4 is 5.09 Å². The Labute approximate surface area is 115 Å². The molecule has 1 N–H and O–H groups in total. The van der Waals surface area contributed by atoms with Crippen LogP contribution in [-0.2, 0) is 6.16 Å². The lowest BCUT2D eigenvalue weighted by Gasteiger charge is -2.09. The zero-order chi connectivity index (χ0) is 13.8. The van der Waals surface area contributed by atoms with Gasteiger partial charge in [0.1, 0.15) is 0 Å². The molecule has 0 amide bonds. The molecule has 0 aliphatic carbocycles. The minimum atomic E-state index is 0.715. The summed E-state index contributed by atoms with van der Waals surface area (Å²) in [6, 6.07) is 10.6. The van der Waals surface area contributed by atoms with Gasteiger partial charge in [0.25, 0.3) is 0 Å². The molecule has 0 bridgehead atoms. The predicted octanol–water partition coefficient (Wildman–Crippen LogP) is 5.00. The fraction of sp³-hybridized carbons (Fsp3) is 0.500. The van der Waals surface area contributed by atoms with Gasteiger partial charge in [-0.1, -0.05) is 70.2 Å². The van der Waals surface area contributed by atoms with Crippen LogP contribution in [0, 0.1) is 5.92 Å². The van der Waals surface area contributed by atoms with Crippen LogP contribution in [0.3, 0.4) is 0 Å². The van der Waals surface area contributed by atoms with Crippen molar-refractivity contribution in [3.05, 3.63) is 48.0 Å². The summed E-state index contributed by atoms with van der Waals surface area (Å²) < 4.78 is 0. The summed E-state index contributed by atoms with van der Waals surface area (Å²) in [5.74, 6) is 0.715. The van der Waals surface area contributed by atoms with Crippen molar-refractivity contribution in [3.63, 3.8) is 0 Å². The highest BCUT2D eigenvalue weighted by atomic mass is 31.1. The van der Waals surface area contributed by atoms with Crippen LogP contribution in [-0.4, -0.2) is 6.54 Å². The Morgan fingerprint density at radius 3 is 2.39 bits per heavy atom. The molecule has 0 aromatic heterocycles. The Morgan fingerprint density at radius 2 is 1.83 bits per heavy atom. The molecular formula is C16H28NP. The summed E-state index contributed by atoms with van der Waals surface area (Å²) in [7, 11) is 0.788. The maximum Gasteiger partial charge on any atom is 0.0196 e. The van der Waals surface area contributed by atoms with Crippen molar-refractivity contribution in [2.75, 3.05) is 6.54 Å². The van der Waals surface area contributed by atoms with Gasteiger partial charge in [-0.25, -0.2) is 0 Å². The van der Waals surface area contributed by atoms with Crippen LogP contribution in [0.2, 0.25) is 0 Å². The highest BCUT2D eigenvalue weighted by molar-refractivity contribution is 7.34. The lowest BCUT2D eigenvalue weighted by Crippen LogP contribution is -2.08. The Morgan fingerprint density at radius 1 is 1.22 bits per heavy atom. The molecular weight excluding hydrogens is 237 g/mol. The molecule has 1 rings (SSSR count). The van der Waals surface area contributed by atoms with Crippen molar-refractivity contribution >= 4 is 8.73 Å². The molecule has 0 saturated heterocycles. The number of hydrogen-bond donors (Lipinski definition) is 1. The smallest absolute Gasteiger partial charge is 0.0196 e. The Balaban J connectivity index is 0.00000137. The van der Waals surface area contributed by atoms with Crippen LogP contribution in [0.1, 0.15) is 39.7 Å². The molecule has 0 radical (unpaired) electrons. The van der Waals surface area contributed by atoms with E-state index in [1.165, 1.54) is 11.1 Å². The van der Waals surface area contributed by atoms with Gasteiger partial charge in [-0.05, 0) is 26.6 Å². The van der Waals surface area contributed by atoms with Crippen molar-refractivity contribution in [2.45, 2.75) is 40.3 Å². The first-order valence-electron chi connectivity index (χ1n) is 6.84. The first-order valence-corrected chi connectivity index (χ1v) is 8.05. The molecule has 0 aliphatic heterocycles. The third-order valence-corrected chi connectivity index (χ3v) is 3.31. The highest BCUT2D eigenvalue weighted by Crippen LogP contribution is 2.15. The normalized spacial score (nSPS) is 10.5. The maximum absolute atomic E-state index is 4.08. The SMILES string of the molecule is C=C(CNPCc1ccccc1)CC(C)C.CC. The summed E-state index contributed by atoms with van der Waals surface area (Å²) in [6.45, 7) is 13.5. The number of hydrogen-bond acceptors (Lipinski definition) is 1. The molecule has 0 heterocycles. The van der Waals surface area contributed by atoms with E-state index >= 15 is 0 Å². The fourth-order valence-corrected chi connectivity index (χ4v) is 2.54. The van der Waals surface area contributed by atoms with Crippen LogP contribution in [0.5, 0.6) is 0 Å². The van der Waals surface area contributed by atoms with Gasteiger partial charge < -0.3 is 0 Å². The van der Waals surface area contributed by atoms with E-state index in [-0.39, 0.29) is 0 Å². The van der Waals surface area contributed by atoms with Crippen molar-refractivity contribution < 1.29 is 0 Å². The summed E-state index contributed by atoms with van der Waals surface area (Å²) in [5.41, 5.74) is 2.72. The van der Waals surface area contributed by atoms with Crippen molar-refractivity contribution in [3.8, 4) is 0 Å². The summed E-state index contributed by atoms with van der Waals surface area (Å²) in [5, 5.41) is 3.47. The van der Waals surface area contributed by atoms with E-state index in [0.29, 0.717) is 5.92 Å². The van der Waals surface area contributed by atoms with E-state index in [4.69, 9.17) is 0 Å². The van der Waals surface area contributed by atoms with Gasteiger partial charge >= 0.3 is 0 Å². The van der Waals surface area contributed by atoms with Crippen molar-refractivity contribution in [1.82, 2.24) is 5.09 Å². The summed E-state index contributed by atoms with van der Waals surface area (Å²) in [6.07, 6.45) is 2.25. The molecule has 1 aromatic carbocycles. The maximum atomic E-state index is 4.08. The van der Waals surface area contributed by atoms with Crippen LogP contribution >= 0.6 is 8.73 Å². The average Bonchev–Trinajstić information content (AvgIpc) is 2.37. The second-order valence-electron chi connectivity index (χ2n) is 4.54. The van der Waals surface area contributed by atoms with Gasteiger partial charge in [-0.15, -0.1) is 0 Å². The molecule has 102 valence electrons. The minimum absolute atomic E-state index is 0.715. The van der Waals surface area contributed by atoms with Gasteiger partial charge in [0, 0.05) is 12.7 Å². The van der Waals surface area contributed by atoms with E-state index in [0.717, 1.165) is 27.9 Å². The average molecular weight is 265 g/mol. The Bertz CT molecular complexity index is 306. The van der Waals surface area contributed by atoms with Gasteiger partial charge in [0.15, 0.2) is 0 Å². The van der Waals surface area contributed by atoms with E-state index in [1.54, 1.807) is 0 Å². The molecule has 1 aromatic rings. The van der Waals surface area contributed by atoms with E-state index in [1.807, 2.05) is 13.8 Å². The third kappa shape index (κ3) is 9.39. The Hall–Kier alpha value is -0.650. The molecule has 1 atom stereocenters. The standard InChI is InChI=1S/C14H22NP.C2H6/c1-12(2)9-13(3)10-15-16-11-14-7-5-4-6-8-14;1-2/h4-8,12,15-16H,3,9-11H2,1-2H3;1-2H3. The quantitative estimate of drug-likeness (QED) is 0.415. The van der Waals surface area contributed by atoms with Gasteiger partial charge in [-0.2, -0.15) is 0 Å². The van der Waals surface area contributed by atoms with E-state index in [2.05, 4.69) is 55.8 Å². The van der Waals surface area contributed by atoms with Crippen LogP contribution in [0.25, 0.3) is 0 Å². The lowest BCUT2D eigenvalue weighted by molar-refractivity contribution is 0.633. The molecule has 18 heavy (non-hydrogen) atoms. The van der Waals surface area contributed by atoms with E-state index < -0.39 is 0 Å². The molecule has 1 nitrogen and oxygen atoms in total. The van der Waals surface area contributed by atoms with Crippen LogP contribution in [0.4, 0.5) is 0 Å². The molecule has 1 unspecified atom stereocenters. The fourth-order valence-electron chi connectivity index (χ4n) is 1.60. The number of benzene rings is 1. The zero-order valence-corrected chi connectivity index (χ0v) is 13.3. The molecule has 0 saturated carbocycles. The van der Waals surface area contributed by atoms with E-state index in [9.17, 15) is 0 Å². The molecule has 0 aliphatic rings. The Kier molecular flexibility index (Phi) is 11.0. The number of rotatable bonds is 7. The first kappa shape index (κ1) is 17.4. The van der Waals surface area contributed by atoms with Crippen molar-refractivity contribution in [2.24, 2.45) is 5.92 Å². The third-order valence-electron chi connectivity index (χ3n) is 2.30. The van der Waals surface area contributed by atoms with Crippen molar-refractivity contribution in [1.29, 1.82) is 0 Å². The molecule has 2 heteroatoms. The predicted molar refractivity (Wildman–Crippen MR) is 86.4 cm³/mol. The van der Waals surface area contributed by atoms with Crippen LogP contribution in [0.15, 0.2) is 42.5 Å². The largest absolute Gasteiger partial charge is 0.294 e. The second kappa shape index (κ2) is 11.4. The summed E-state index contributed by atoms with van der Waals surface area (Å²) in [4.78, 5) is 0. The van der Waals surface area contributed by atoms with Gasteiger partial charge in [0.05, 0.1) is 0 Å². The second-order valence-corrected chi connectivity index (χ2v) is 5.60. The minimum Gasteiger partial charge on any atom is -0.294 e. The topological polar surface area (TPSA) is 12.0 Å². The highest BCUT2D eigenvalue weighted by Gasteiger charge is 1.98. The summed E-state index contributed by atoms with van der Waals surface area (Å²) >= 11 is 0.